The van der Waals surface area contributed by atoms with Gasteiger partial charge in [-0.25, -0.2) is 4.79 Å². The number of esters is 1. The molecule has 0 saturated carbocycles. The van der Waals surface area contributed by atoms with Gasteiger partial charge in [0.1, 0.15) is 30.7 Å². The van der Waals surface area contributed by atoms with Crippen LogP contribution in [0.4, 0.5) is 0 Å². The second-order valence-corrected chi connectivity index (χ2v) is 6.35. The highest BCUT2D eigenvalue weighted by atomic mass is 16.7. The maximum Gasteiger partial charge on any atom is 0.335 e. The molecule has 0 aromatic heterocycles. The molecule has 1 aromatic rings. The Morgan fingerprint density at radius 1 is 1.20 bits per heavy atom. The molecule has 0 bridgehead atoms. The summed E-state index contributed by atoms with van der Waals surface area (Å²) in [7, 11) is 0. The topological polar surface area (TPSA) is 172 Å². The summed E-state index contributed by atoms with van der Waals surface area (Å²) in [5.41, 5.74) is 0.366. The van der Waals surface area contributed by atoms with Crippen LogP contribution in [0.25, 0.3) is 0 Å². The van der Waals surface area contributed by atoms with Gasteiger partial charge in [0, 0.05) is 6.92 Å². The molecule has 1 amide bonds. The molecule has 5 atom stereocenters. The number of nitrogens with one attached hydrogen (secondary N) is 1. The van der Waals surface area contributed by atoms with Crippen molar-refractivity contribution < 1.29 is 49.0 Å². The number of amides is 1. The SMILES string of the molecule is C#CCNC(=O)c1cc(COC(C)=O)ccc1O[C@@H]1O[C@H](C(=O)O)[C@@H](O)[C@H](O)[C@H]1O. The zero-order valence-corrected chi connectivity index (χ0v) is 15.8. The Labute approximate surface area is 171 Å². The quantitative estimate of drug-likeness (QED) is 0.254. The largest absolute Gasteiger partial charge is 0.479 e. The van der Waals surface area contributed by atoms with Crippen molar-refractivity contribution >= 4 is 17.8 Å². The zero-order chi connectivity index (χ0) is 22.4. The molecule has 2 rings (SSSR count). The summed E-state index contributed by atoms with van der Waals surface area (Å²) in [6.45, 7) is 0.999. The van der Waals surface area contributed by atoms with Crippen LogP contribution in [0.5, 0.6) is 5.75 Å². The molecule has 1 aliphatic heterocycles. The smallest absolute Gasteiger partial charge is 0.335 e. The van der Waals surface area contributed by atoms with Crippen molar-refractivity contribution in [2.45, 2.75) is 44.2 Å². The van der Waals surface area contributed by atoms with Crippen LogP contribution >= 0.6 is 0 Å². The Hall–Kier alpha value is -3.17. The van der Waals surface area contributed by atoms with Crippen LogP contribution in [0, 0.1) is 12.3 Å². The number of carboxylic acid groups (broad SMARTS) is 1. The van der Waals surface area contributed by atoms with E-state index in [4.69, 9.17) is 25.7 Å². The first-order valence-corrected chi connectivity index (χ1v) is 8.72. The minimum absolute atomic E-state index is 0.0711. The summed E-state index contributed by atoms with van der Waals surface area (Å²) in [6, 6.07) is 4.12. The summed E-state index contributed by atoms with van der Waals surface area (Å²) < 4.78 is 15.4. The van der Waals surface area contributed by atoms with E-state index < -0.39 is 48.6 Å². The number of hydrogen-bond donors (Lipinski definition) is 5. The molecule has 1 aliphatic rings. The number of terminal acetylenes is 1. The molecule has 1 fully saturated rings. The molecule has 1 aromatic carbocycles. The van der Waals surface area contributed by atoms with Crippen molar-refractivity contribution in [1.82, 2.24) is 5.32 Å². The van der Waals surface area contributed by atoms with E-state index in [-0.39, 0.29) is 24.5 Å². The minimum Gasteiger partial charge on any atom is -0.479 e. The van der Waals surface area contributed by atoms with Gasteiger partial charge in [0.2, 0.25) is 6.29 Å². The van der Waals surface area contributed by atoms with Crippen molar-refractivity contribution in [1.29, 1.82) is 0 Å². The number of benzene rings is 1. The van der Waals surface area contributed by atoms with E-state index in [0.29, 0.717) is 5.56 Å². The number of ether oxygens (including phenoxy) is 3. The highest BCUT2D eigenvalue weighted by molar-refractivity contribution is 5.97. The molecular weight excluding hydrogens is 402 g/mol. The molecule has 5 N–H and O–H groups in total. The molecule has 11 heteroatoms. The van der Waals surface area contributed by atoms with Crippen LogP contribution in [0.15, 0.2) is 18.2 Å². The molecule has 30 heavy (non-hydrogen) atoms. The Morgan fingerprint density at radius 3 is 2.50 bits per heavy atom. The standard InChI is InChI=1S/C19H21NO10/c1-3-6-20-17(25)11-7-10(8-28-9(2)21)4-5-12(11)29-19-15(24)13(22)14(23)16(30-19)18(26)27/h1,4-5,7,13-16,19,22-24H,6,8H2,2H3,(H,20,25)(H,26,27)/t13-,14-,15+,16-,19+/m0/s1. The molecule has 0 aliphatic carbocycles. The second-order valence-electron chi connectivity index (χ2n) is 6.35. The third-order valence-corrected chi connectivity index (χ3v) is 4.14. The van der Waals surface area contributed by atoms with Crippen molar-refractivity contribution in [3.8, 4) is 18.1 Å². The van der Waals surface area contributed by atoms with Gasteiger partial charge in [-0.1, -0.05) is 12.0 Å². The number of carbonyl (C=O) groups is 3. The summed E-state index contributed by atoms with van der Waals surface area (Å²) >= 11 is 0. The van der Waals surface area contributed by atoms with Crippen LogP contribution < -0.4 is 10.1 Å². The number of rotatable bonds is 7. The molecule has 0 radical (unpaired) electrons. The highest BCUT2D eigenvalue weighted by Crippen LogP contribution is 2.28. The molecule has 0 unspecified atom stereocenters. The van der Waals surface area contributed by atoms with E-state index in [9.17, 15) is 29.7 Å². The maximum absolute atomic E-state index is 12.4. The first kappa shape index (κ1) is 23.1. The third kappa shape index (κ3) is 5.46. The molecule has 0 spiro atoms. The minimum atomic E-state index is -1.89. The fourth-order valence-corrected chi connectivity index (χ4v) is 2.63. The van der Waals surface area contributed by atoms with Crippen LogP contribution in [0.1, 0.15) is 22.8 Å². The summed E-state index contributed by atoms with van der Waals surface area (Å²) in [5.74, 6) is -0.670. The van der Waals surface area contributed by atoms with Gasteiger partial charge in [-0.2, -0.15) is 0 Å². The summed E-state index contributed by atoms with van der Waals surface area (Å²) in [6.07, 6.45) is -4.00. The van der Waals surface area contributed by atoms with Gasteiger partial charge in [-0.15, -0.1) is 6.42 Å². The Bertz CT molecular complexity index is 848. The number of carboxylic acids is 1. The second kappa shape index (κ2) is 10.0. The van der Waals surface area contributed by atoms with Crippen molar-refractivity contribution in [3.63, 3.8) is 0 Å². The molecule has 162 valence electrons. The average Bonchev–Trinajstić information content (AvgIpc) is 2.71. The number of aliphatic carboxylic acids is 1. The zero-order valence-electron chi connectivity index (χ0n) is 15.8. The van der Waals surface area contributed by atoms with Crippen LogP contribution in [0.2, 0.25) is 0 Å². The number of aliphatic hydroxyl groups is 3. The van der Waals surface area contributed by atoms with Gasteiger partial charge in [-0.05, 0) is 17.7 Å². The first-order valence-electron chi connectivity index (χ1n) is 8.72. The van der Waals surface area contributed by atoms with Gasteiger partial charge < -0.3 is 40.0 Å². The predicted molar refractivity (Wildman–Crippen MR) is 98.0 cm³/mol. The van der Waals surface area contributed by atoms with Gasteiger partial charge in [0.15, 0.2) is 6.10 Å². The fourth-order valence-electron chi connectivity index (χ4n) is 2.63. The highest BCUT2D eigenvalue weighted by Gasteiger charge is 2.48. The fraction of sp³-hybridized carbons (Fsp3) is 0.421. The lowest BCUT2D eigenvalue weighted by molar-refractivity contribution is -0.271. The van der Waals surface area contributed by atoms with Crippen LogP contribution in [0.3, 0.4) is 0 Å². The number of aliphatic hydroxyl groups excluding tert-OH is 3. The Morgan fingerprint density at radius 2 is 1.90 bits per heavy atom. The van der Waals surface area contributed by atoms with Crippen molar-refractivity contribution in [2.24, 2.45) is 0 Å². The molecule has 1 heterocycles. The molecule has 1 saturated heterocycles. The molecule has 11 nitrogen and oxygen atoms in total. The van der Waals surface area contributed by atoms with E-state index in [1.807, 2.05) is 0 Å². The van der Waals surface area contributed by atoms with Crippen molar-refractivity contribution in [2.75, 3.05) is 6.54 Å². The van der Waals surface area contributed by atoms with Gasteiger partial charge >= 0.3 is 11.9 Å². The van der Waals surface area contributed by atoms with E-state index in [0.717, 1.165) is 0 Å². The number of hydrogen-bond acceptors (Lipinski definition) is 9. The van der Waals surface area contributed by atoms with E-state index in [1.54, 1.807) is 0 Å². The third-order valence-electron chi connectivity index (χ3n) is 4.14. The lowest BCUT2D eigenvalue weighted by Gasteiger charge is -2.38. The predicted octanol–water partition coefficient (Wildman–Crippen LogP) is -1.62. The lowest BCUT2D eigenvalue weighted by atomic mass is 9.99. The maximum atomic E-state index is 12.4. The Kier molecular flexibility index (Phi) is 7.73. The summed E-state index contributed by atoms with van der Waals surface area (Å²) in [4.78, 5) is 34.7. The van der Waals surface area contributed by atoms with Gasteiger partial charge in [-0.3, -0.25) is 9.59 Å². The normalized spacial score (nSPS) is 25.6. The number of carbonyl (C=O) groups excluding carboxylic acids is 2. The van der Waals surface area contributed by atoms with Crippen molar-refractivity contribution in [3.05, 3.63) is 29.3 Å². The van der Waals surface area contributed by atoms with Gasteiger partial charge in [0.25, 0.3) is 5.91 Å². The van der Waals surface area contributed by atoms with Crippen LogP contribution in [-0.4, -0.2) is 75.5 Å². The Balaban J connectivity index is 2.32. The lowest BCUT2D eigenvalue weighted by Crippen LogP contribution is -2.61. The monoisotopic (exact) mass is 423 g/mol. The van der Waals surface area contributed by atoms with Crippen LogP contribution in [-0.2, 0) is 25.7 Å². The van der Waals surface area contributed by atoms with E-state index in [2.05, 4.69) is 11.2 Å². The van der Waals surface area contributed by atoms with E-state index >= 15 is 0 Å². The molecular formula is C19H21NO10. The average molecular weight is 423 g/mol. The summed E-state index contributed by atoms with van der Waals surface area (Å²) in [5, 5.41) is 41.3. The first-order chi connectivity index (χ1) is 14.1. The van der Waals surface area contributed by atoms with Gasteiger partial charge in [0.05, 0.1) is 12.1 Å². The van der Waals surface area contributed by atoms with E-state index in [1.165, 1.54) is 25.1 Å².